The van der Waals surface area contributed by atoms with Crippen LogP contribution >= 0.6 is 0 Å². The summed E-state index contributed by atoms with van der Waals surface area (Å²) in [7, 11) is 0. The molecule has 1 unspecified atom stereocenters. The van der Waals surface area contributed by atoms with Crippen molar-refractivity contribution < 1.29 is 9.18 Å². The summed E-state index contributed by atoms with van der Waals surface area (Å²) in [6.45, 7) is 9.73. The normalized spacial score (nSPS) is 12.6. The minimum Gasteiger partial charge on any atom is -0.353 e. The van der Waals surface area contributed by atoms with Crippen LogP contribution in [0.3, 0.4) is 0 Å². The summed E-state index contributed by atoms with van der Waals surface area (Å²) in [5.41, 5.74) is 2.26. The van der Waals surface area contributed by atoms with Gasteiger partial charge in [-0.3, -0.25) is 4.79 Å². The smallest absolute Gasteiger partial charge is 0.237 e. The Labute approximate surface area is 114 Å². The van der Waals surface area contributed by atoms with E-state index < -0.39 is 0 Å². The first kappa shape index (κ1) is 15.6. The summed E-state index contributed by atoms with van der Waals surface area (Å²) in [4.78, 5) is 11.7. The molecule has 2 N–H and O–H groups in total. The van der Waals surface area contributed by atoms with Crippen molar-refractivity contribution in [1.29, 1.82) is 0 Å². The van der Waals surface area contributed by atoms with Gasteiger partial charge in [-0.05, 0) is 51.3 Å². The van der Waals surface area contributed by atoms with Crippen molar-refractivity contribution in [2.24, 2.45) is 0 Å². The van der Waals surface area contributed by atoms with Crippen molar-refractivity contribution in [3.8, 4) is 0 Å². The minimum atomic E-state index is -0.270. The van der Waals surface area contributed by atoms with Crippen LogP contribution in [0, 0.1) is 19.7 Å². The maximum absolute atomic E-state index is 13.5. The average Bonchev–Trinajstić information content (AvgIpc) is 2.31. The lowest BCUT2D eigenvalue weighted by molar-refractivity contribution is -0.123. The molecule has 0 radical (unpaired) electrons. The zero-order valence-electron chi connectivity index (χ0n) is 12.3. The van der Waals surface area contributed by atoms with Gasteiger partial charge in [0.15, 0.2) is 0 Å². The van der Waals surface area contributed by atoms with Gasteiger partial charge < -0.3 is 10.6 Å². The van der Waals surface area contributed by atoms with Crippen LogP contribution in [-0.4, -0.2) is 18.0 Å². The lowest BCUT2D eigenvalue weighted by atomic mass is 10.1. The molecule has 0 saturated heterocycles. The Morgan fingerprint density at radius 2 is 1.74 bits per heavy atom. The van der Waals surface area contributed by atoms with Crippen LogP contribution in [0.15, 0.2) is 12.1 Å². The lowest BCUT2D eigenvalue weighted by Gasteiger charge is -2.16. The van der Waals surface area contributed by atoms with Crippen LogP contribution in [0.2, 0.25) is 0 Å². The highest BCUT2D eigenvalue weighted by atomic mass is 19.1. The van der Waals surface area contributed by atoms with Crippen molar-refractivity contribution in [2.75, 3.05) is 0 Å². The number of hydrogen-bond donors (Lipinski definition) is 2. The molecule has 0 aliphatic heterocycles. The molecule has 0 fully saturated rings. The number of hydrogen-bond acceptors (Lipinski definition) is 2. The maximum atomic E-state index is 13.5. The van der Waals surface area contributed by atoms with Crippen LogP contribution in [0.5, 0.6) is 0 Å². The molecule has 0 heterocycles. The van der Waals surface area contributed by atoms with E-state index in [4.69, 9.17) is 0 Å². The number of nitrogens with one attached hydrogen (secondary N) is 2. The number of benzene rings is 1. The predicted molar refractivity (Wildman–Crippen MR) is 75.5 cm³/mol. The van der Waals surface area contributed by atoms with Gasteiger partial charge in [-0.15, -0.1) is 0 Å². The second-order valence-corrected chi connectivity index (χ2v) is 5.31. The quantitative estimate of drug-likeness (QED) is 0.859. The molecule has 1 amide bonds. The SMILES string of the molecule is Cc1cc(CNC(C)C(=O)NC(C)C)cc(C)c1F. The molecule has 0 saturated carbocycles. The van der Waals surface area contributed by atoms with Crippen LogP contribution in [0.25, 0.3) is 0 Å². The van der Waals surface area contributed by atoms with Crippen molar-refractivity contribution in [3.63, 3.8) is 0 Å². The average molecular weight is 266 g/mol. The molecule has 3 nitrogen and oxygen atoms in total. The Morgan fingerprint density at radius 3 is 2.21 bits per heavy atom. The molecule has 1 rings (SSSR count). The molecule has 0 aliphatic carbocycles. The molecule has 4 heteroatoms. The molecule has 1 atom stereocenters. The van der Waals surface area contributed by atoms with Gasteiger partial charge in [0.25, 0.3) is 0 Å². The first-order valence-electron chi connectivity index (χ1n) is 6.60. The molecule has 19 heavy (non-hydrogen) atoms. The van der Waals surface area contributed by atoms with Gasteiger partial charge in [-0.25, -0.2) is 4.39 Å². The molecule has 0 bridgehead atoms. The van der Waals surface area contributed by atoms with Crippen LogP contribution in [0.4, 0.5) is 4.39 Å². The van der Waals surface area contributed by atoms with Gasteiger partial charge in [-0.1, -0.05) is 12.1 Å². The van der Waals surface area contributed by atoms with E-state index in [1.165, 1.54) is 0 Å². The first-order valence-corrected chi connectivity index (χ1v) is 6.60. The van der Waals surface area contributed by atoms with E-state index in [9.17, 15) is 9.18 Å². The van der Waals surface area contributed by atoms with Gasteiger partial charge in [0.1, 0.15) is 5.82 Å². The minimum absolute atomic E-state index is 0.0226. The van der Waals surface area contributed by atoms with Crippen LogP contribution in [-0.2, 0) is 11.3 Å². The number of carbonyl (C=O) groups excluding carboxylic acids is 1. The van der Waals surface area contributed by atoms with Gasteiger partial charge in [0.2, 0.25) is 5.91 Å². The van der Waals surface area contributed by atoms with Gasteiger partial charge in [0.05, 0.1) is 6.04 Å². The predicted octanol–water partition coefficient (Wildman–Crippen LogP) is 2.45. The second kappa shape index (κ2) is 6.66. The fraction of sp³-hybridized carbons (Fsp3) is 0.533. The van der Waals surface area contributed by atoms with Crippen LogP contribution in [0.1, 0.15) is 37.5 Å². The Hall–Kier alpha value is -1.42. The molecule has 1 aromatic carbocycles. The summed E-state index contributed by atoms with van der Waals surface area (Å²) >= 11 is 0. The van der Waals surface area contributed by atoms with Crippen molar-refractivity contribution in [2.45, 2.75) is 53.2 Å². The maximum Gasteiger partial charge on any atom is 0.237 e. The van der Waals surface area contributed by atoms with E-state index in [1.54, 1.807) is 13.8 Å². The van der Waals surface area contributed by atoms with E-state index in [-0.39, 0.29) is 23.8 Å². The van der Waals surface area contributed by atoms with E-state index in [0.29, 0.717) is 17.7 Å². The topological polar surface area (TPSA) is 41.1 Å². The van der Waals surface area contributed by atoms with E-state index in [1.807, 2.05) is 32.9 Å². The molecular weight excluding hydrogens is 243 g/mol. The summed E-state index contributed by atoms with van der Waals surface area (Å²) < 4.78 is 13.5. The summed E-state index contributed by atoms with van der Waals surface area (Å²) in [6, 6.07) is 3.48. The van der Waals surface area contributed by atoms with Gasteiger partial charge in [0, 0.05) is 12.6 Å². The Bertz CT molecular complexity index is 434. The summed E-state index contributed by atoms with van der Waals surface area (Å²) in [6.07, 6.45) is 0. The first-order chi connectivity index (χ1) is 8.81. The largest absolute Gasteiger partial charge is 0.353 e. The summed E-state index contributed by atoms with van der Waals surface area (Å²) in [5, 5.41) is 5.99. The molecule has 1 aromatic rings. The highest BCUT2D eigenvalue weighted by molar-refractivity contribution is 5.81. The third-order valence-corrected chi connectivity index (χ3v) is 2.93. The third-order valence-electron chi connectivity index (χ3n) is 2.93. The molecule has 0 aromatic heterocycles. The van der Waals surface area contributed by atoms with E-state index >= 15 is 0 Å². The standard InChI is InChI=1S/C15H23FN2O/c1-9(2)18-15(19)12(5)17-8-13-6-10(3)14(16)11(4)7-13/h6-7,9,12,17H,8H2,1-5H3,(H,18,19). The fourth-order valence-corrected chi connectivity index (χ4v) is 1.91. The Kier molecular flexibility index (Phi) is 5.48. The van der Waals surface area contributed by atoms with Crippen molar-refractivity contribution in [1.82, 2.24) is 10.6 Å². The molecule has 0 aliphatic rings. The van der Waals surface area contributed by atoms with E-state index in [0.717, 1.165) is 5.56 Å². The summed E-state index contributed by atoms with van der Waals surface area (Å²) in [5.74, 6) is -0.181. The number of rotatable bonds is 5. The zero-order valence-corrected chi connectivity index (χ0v) is 12.3. The monoisotopic (exact) mass is 266 g/mol. The lowest BCUT2D eigenvalue weighted by Crippen LogP contribution is -2.44. The zero-order chi connectivity index (χ0) is 14.6. The Balaban J connectivity index is 2.60. The highest BCUT2D eigenvalue weighted by Gasteiger charge is 2.13. The Morgan fingerprint density at radius 1 is 1.21 bits per heavy atom. The van der Waals surface area contributed by atoms with Crippen LogP contribution < -0.4 is 10.6 Å². The highest BCUT2D eigenvalue weighted by Crippen LogP contribution is 2.14. The van der Waals surface area contributed by atoms with Crippen molar-refractivity contribution in [3.05, 3.63) is 34.6 Å². The van der Waals surface area contributed by atoms with Gasteiger partial charge in [-0.2, -0.15) is 0 Å². The molecule has 106 valence electrons. The van der Waals surface area contributed by atoms with Crippen molar-refractivity contribution >= 4 is 5.91 Å². The number of carbonyl (C=O) groups is 1. The van der Waals surface area contributed by atoms with E-state index in [2.05, 4.69) is 10.6 Å². The molecular formula is C15H23FN2O. The van der Waals surface area contributed by atoms with Gasteiger partial charge >= 0.3 is 0 Å². The number of aryl methyl sites for hydroxylation is 2. The number of halogens is 1. The molecule has 0 spiro atoms. The fourth-order valence-electron chi connectivity index (χ4n) is 1.91. The second-order valence-electron chi connectivity index (χ2n) is 5.31. The third kappa shape index (κ3) is 4.63. The number of amides is 1.